The van der Waals surface area contributed by atoms with Crippen molar-refractivity contribution >= 4 is 13.0 Å². The molecule has 1 aliphatic carbocycles. The maximum absolute atomic E-state index is 12.0. The maximum atomic E-state index is 12.0. The number of fused-ring (bicyclic) bond motifs is 1. The highest BCUT2D eigenvalue weighted by atomic mass is 16.4. The summed E-state index contributed by atoms with van der Waals surface area (Å²) in [5.41, 5.74) is 1.86. The van der Waals surface area contributed by atoms with Crippen molar-refractivity contribution < 1.29 is 14.8 Å². The van der Waals surface area contributed by atoms with Crippen LogP contribution in [-0.2, 0) is 6.54 Å². The summed E-state index contributed by atoms with van der Waals surface area (Å²) in [7, 11) is -1.24. The molecular formula is C12H14BNO3. The van der Waals surface area contributed by atoms with Crippen LogP contribution in [0.15, 0.2) is 24.3 Å². The van der Waals surface area contributed by atoms with Gasteiger partial charge in [0, 0.05) is 18.7 Å². The normalized spacial score (nSPS) is 26.0. The van der Waals surface area contributed by atoms with Crippen molar-refractivity contribution in [3.05, 3.63) is 35.4 Å². The molecule has 3 rings (SSSR count). The lowest BCUT2D eigenvalue weighted by Gasteiger charge is -2.15. The van der Waals surface area contributed by atoms with E-state index in [1.165, 1.54) is 0 Å². The van der Waals surface area contributed by atoms with Crippen molar-refractivity contribution in [2.24, 2.45) is 5.92 Å². The predicted molar refractivity (Wildman–Crippen MR) is 63.2 cm³/mol. The second-order valence-corrected chi connectivity index (χ2v) is 4.92. The molecule has 1 aromatic rings. The average molecular weight is 231 g/mol. The van der Waals surface area contributed by atoms with E-state index in [1.807, 2.05) is 24.3 Å². The number of carbonyl (C=O) groups excluding carboxylic acids is 1. The number of benzene rings is 1. The zero-order valence-corrected chi connectivity index (χ0v) is 9.41. The van der Waals surface area contributed by atoms with E-state index < -0.39 is 7.12 Å². The fourth-order valence-corrected chi connectivity index (χ4v) is 2.59. The average Bonchev–Trinajstić information content (AvgIpc) is 3.01. The lowest BCUT2D eigenvalue weighted by Crippen LogP contribution is -2.27. The second kappa shape index (κ2) is 3.86. The monoisotopic (exact) mass is 231 g/mol. The quantitative estimate of drug-likeness (QED) is 0.745. The smallest absolute Gasteiger partial charge is 0.427 e. The first kappa shape index (κ1) is 10.8. The Hall–Kier alpha value is -1.33. The van der Waals surface area contributed by atoms with Crippen LogP contribution >= 0.6 is 0 Å². The third-order valence-corrected chi connectivity index (χ3v) is 3.71. The molecule has 4 nitrogen and oxygen atoms in total. The Morgan fingerprint density at radius 2 is 2.12 bits per heavy atom. The van der Waals surface area contributed by atoms with Crippen LogP contribution in [0.2, 0.25) is 5.82 Å². The third kappa shape index (κ3) is 1.85. The van der Waals surface area contributed by atoms with Crippen molar-refractivity contribution in [2.75, 3.05) is 6.54 Å². The first-order valence-electron chi connectivity index (χ1n) is 5.90. The summed E-state index contributed by atoms with van der Waals surface area (Å²) in [6.45, 7) is 1.29. The number of hydrogen-bond acceptors (Lipinski definition) is 3. The fraction of sp³-hybridized carbons (Fsp3) is 0.417. The van der Waals surface area contributed by atoms with Gasteiger partial charge in [0.2, 0.25) is 0 Å². The molecule has 1 heterocycles. The van der Waals surface area contributed by atoms with Crippen LogP contribution < -0.4 is 0 Å². The summed E-state index contributed by atoms with van der Waals surface area (Å²) in [4.78, 5) is 13.8. The Labute approximate surface area is 100 Å². The van der Waals surface area contributed by atoms with E-state index >= 15 is 0 Å². The third-order valence-electron chi connectivity index (χ3n) is 3.71. The molecule has 88 valence electrons. The van der Waals surface area contributed by atoms with Crippen LogP contribution in [-0.4, -0.2) is 34.5 Å². The van der Waals surface area contributed by atoms with Gasteiger partial charge in [0.25, 0.3) is 5.91 Å². The van der Waals surface area contributed by atoms with E-state index in [0.717, 1.165) is 17.5 Å². The minimum atomic E-state index is -1.24. The van der Waals surface area contributed by atoms with Crippen molar-refractivity contribution in [1.29, 1.82) is 0 Å². The number of hydrogen-bond donors (Lipinski definition) is 2. The van der Waals surface area contributed by atoms with Gasteiger partial charge in [0.05, 0.1) is 0 Å². The van der Waals surface area contributed by atoms with Gasteiger partial charge in [-0.2, -0.15) is 0 Å². The lowest BCUT2D eigenvalue weighted by atomic mass is 9.82. The summed E-state index contributed by atoms with van der Waals surface area (Å²) in [5.74, 6) is 0.262. The molecule has 0 bridgehead atoms. The minimum absolute atomic E-state index is 0.0495. The first-order chi connectivity index (χ1) is 8.16. The Bertz CT molecular complexity index is 463. The topological polar surface area (TPSA) is 60.8 Å². The highest BCUT2D eigenvalue weighted by Gasteiger charge is 2.47. The summed E-state index contributed by atoms with van der Waals surface area (Å²) in [6.07, 6.45) is 0.803. The van der Waals surface area contributed by atoms with Gasteiger partial charge in [-0.3, -0.25) is 4.79 Å². The molecule has 5 heteroatoms. The number of carbonyl (C=O) groups is 1. The molecule has 0 unspecified atom stereocenters. The summed E-state index contributed by atoms with van der Waals surface area (Å²) < 4.78 is 0. The van der Waals surface area contributed by atoms with Gasteiger partial charge in [0.1, 0.15) is 0 Å². The molecule has 1 amide bonds. The Balaban J connectivity index is 1.67. The highest BCUT2D eigenvalue weighted by Crippen LogP contribution is 2.46. The van der Waals surface area contributed by atoms with E-state index in [-0.39, 0.29) is 17.6 Å². The van der Waals surface area contributed by atoms with Gasteiger partial charge in [-0.1, -0.05) is 18.2 Å². The van der Waals surface area contributed by atoms with Crippen molar-refractivity contribution in [3.8, 4) is 0 Å². The van der Waals surface area contributed by atoms with E-state index in [1.54, 1.807) is 4.90 Å². The van der Waals surface area contributed by atoms with E-state index in [4.69, 9.17) is 10.0 Å². The van der Waals surface area contributed by atoms with Gasteiger partial charge in [-0.25, -0.2) is 0 Å². The van der Waals surface area contributed by atoms with Crippen LogP contribution in [0.1, 0.15) is 22.3 Å². The standard InChI is InChI=1S/C12H14BNO3/c15-12-10-4-2-1-3-8(10)6-14(12)7-9-5-11(9)13(16)17/h1-4,9,11,16-17H,5-7H2/t9-,11+/m0/s1. The minimum Gasteiger partial charge on any atom is -0.427 e. The molecule has 0 aromatic heterocycles. The van der Waals surface area contributed by atoms with Crippen LogP contribution in [0.3, 0.4) is 0 Å². The van der Waals surface area contributed by atoms with Crippen molar-refractivity contribution in [1.82, 2.24) is 4.90 Å². The zero-order chi connectivity index (χ0) is 12.0. The SMILES string of the molecule is O=C1c2ccccc2CN1C[C@@H]1C[C@H]1B(O)O. The van der Waals surface area contributed by atoms with Crippen LogP contribution in [0.25, 0.3) is 0 Å². The molecule has 1 saturated carbocycles. The number of nitrogens with zero attached hydrogens (tertiary/aromatic N) is 1. The van der Waals surface area contributed by atoms with Gasteiger partial charge < -0.3 is 14.9 Å². The largest absolute Gasteiger partial charge is 0.455 e. The van der Waals surface area contributed by atoms with Gasteiger partial charge >= 0.3 is 7.12 Å². The fourth-order valence-electron chi connectivity index (χ4n) is 2.59. The molecule has 2 N–H and O–H groups in total. The Morgan fingerprint density at radius 1 is 1.35 bits per heavy atom. The molecule has 1 aliphatic heterocycles. The molecule has 1 aromatic carbocycles. The Morgan fingerprint density at radius 3 is 2.76 bits per heavy atom. The number of rotatable bonds is 3. The molecule has 2 aliphatic rings. The Kier molecular flexibility index (Phi) is 2.45. The summed E-state index contributed by atoms with van der Waals surface area (Å²) in [6, 6.07) is 7.63. The van der Waals surface area contributed by atoms with Gasteiger partial charge in [-0.15, -0.1) is 0 Å². The van der Waals surface area contributed by atoms with Crippen molar-refractivity contribution in [3.63, 3.8) is 0 Å². The van der Waals surface area contributed by atoms with Crippen molar-refractivity contribution in [2.45, 2.75) is 18.8 Å². The second-order valence-electron chi connectivity index (χ2n) is 4.92. The highest BCUT2D eigenvalue weighted by molar-refractivity contribution is 6.44. The number of amides is 1. The zero-order valence-electron chi connectivity index (χ0n) is 9.41. The van der Waals surface area contributed by atoms with Gasteiger partial charge in [0.15, 0.2) is 0 Å². The van der Waals surface area contributed by atoms with Crippen LogP contribution in [0.5, 0.6) is 0 Å². The van der Waals surface area contributed by atoms with Crippen LogP contribution in [0.4, 0.5) is 0 Å². The summed E-state index contributed by atoms with van der Waals surface area (Å²) in [5, 5.41) is 18.1. The summed E-state index contributed by atoms with van der Waals surface area (Å²) >= 11 is 0. The molecular weight excluding hydrogens is 217 g/mol. The predicted octanol–water partition coefficient (Wildman–Crippen LogP) is 0.505. The van der Waals surface area contributed by atoms with E-state index in [2.05, 4.69) is 0 Å². The maximum Gasteiger partial charge on any atom is 0.455 e. The lowest BCUT2D eigenvalue weighted by molar-refractivity contribution is 0.0770. The van der Waals surface area contributed by atoms with E-state index in [0.29, 0.717) is 13.1 Å². The molecule has 0 spiro atoms. The van der Waals surface area contributed by atoms with E-state index in [9.17, 15) is 4.79 Å². The van der Waals surface area contributed by atoms with Crippen LogP contribution in [0, 0.1) is 5.92 Å². The molecule has 1 fully saturated rings. The molecule has 2 atom stereocenters. The van der Waals surface area contributed by atoms with Gasteiger partial charge in [-0.05, 0) is 29.8 Å². The molecule has 0 saturated heterocycles. The molecule has 17 heavy (non-hydrogen) atoms. The first-order valence-corrected chi connectivity index (χ1v) is 5.90. The molecule has 0 radical (unpaired) electrons.